The first-order chi connectivity index (χ1) is 34.5. The molecule has 73 heavy (non-hydrogen) atoms. The molecule has 396 valence electrons. The normalized spacial score (nSPS) is 25.9. The molecule has 0 aromatic heterocycles. The zero-order valence-corrected chi connectivity index (χ0v) is 45.8. The van der Waals surface area contributed by atoms with Crippen LogP contribution in [-0.4, -0.2) is 86.3 Å². The lowest BCUT2D eigenvalue weighted by molar-refractivity contribution is -0.159. The lowest BCUT2D eigenvalue weighted by Crippen LogP contribution is -2.47. The third kappa shape index (κ3) is 14.2. The van der Waals surface area contributed by atoms with Crippen LogP contribution in [0.5, 0.6) is 0 Å². The van der Waals surface area contributed by atoms with Crippen molar-refractivity contribution in [1.82, 2.24) is 14.1 Å². The lowest BCUT2D eigenvalue weighted by atomic mass is 9.75. The van der Waals surface area contributed by atoms with E-state index in [1.165, 1.54) is 47.6 Å². The molecule has 0 spiro atoms. The molecule has 4 fully saturated rings. The van der Waals surface area contributed by atoms with Crippen LogP contribution in [0.1, 0.15) is 128 Å². The minimum Gasteiger partial charge on any atom is -0.461 e. The Balaban J connectivity index is 0.000000205. The smallest absolute Gasteiger partial charge is 0.335 e. The number of hydrogen-bond acceptors (Lipinski definition) is 11. The second-order valence-electron chi connectivity index (χ2n) is 21.4. The van der Waals surface area contributed by atoms with Crippen LogP contribution in [0.15, 0.2) is 124 Å². The van der Waals surface area contributed by atoms with E-state index in [2.05, 4.69) is 77.6 Å². The summed E-state index contributed by atoms with van der Waals surface area (Å²) >= 11 is 0. The number of ether oxygens (including phenoxy) is 2. The van der Waals surface area contributed by atoms with Crippen LogP contribution in [0.25, 0.3) is 0 Å². The molecule has 2 heterocycles. The number of nitroso groups, excluding NO2 is 1. The van der Waals surface area contributed by atoms with Crippen LogP contribution >= 0.6 is 0 Å². The Hall–Kier alpha value is -5.45. The van der Waals surface area contributed by atoms with Crippen LogP contribution in [0.4, 0.5) is 4.79 Å². The van der Waals surface area contributed by atoms with Gasteiger partial charge in [0.2, 0.25) is 0 Å². The number of carbonyl (C=O) groups is 3. The van der Waals surface area contributed by atoms with Gasteiger partial charge in [0.15, 0.2) is 6.04 Å². The minimum atomic E-state index is -4.29. The van der Waals surface area contributed by atoms with Gasteiger partial charge in [-0.2, -0.15) is 8.42 Å². The number of rotatable bonds is 14. The van der Waals surface area contributed by atoms with Gasteiger partial charge in [-0.3, -0.25) is 9.69 Å². The highest BCUT2D eigenvalue weighted by atomic mass is 32.2. The van der Waals surface area contributed by atoms with Gasteiger partial charge in [0.25, 0.3) is 10.0 Å². The van der Waals surface area contributed by atoms with Crippen molar-refractivity contribution in [2.24, 2.45) is 40.1 Å². The second kappa shape index (κ2) is 24.7. The standard InChI is InChI=1S/C29H38N2O5S.C21H31NO2.C7H7NO3S/c1-19(2)25-16-13-21(4)17-27(25)36-28(32)26-18-30(22(5)23-9-7-6-8-10-23)29(33)31(26)37(34,35)24-14-11-20(3)12-15-24;1-14(2)18-11-10-15(3)12-20(18)24-21(23)19-13-22(19)16(4)17-8-6-5-7-9-17;1-6-2-4-7(5-3-6)12(10,11)8-9/h6-12,14-15,19,21-22,25-27H,13,16-18H2,1-5H3;5-9,14-16,18-20H,10-13H2,1-4H3;2-5H,1H3/t21-,22-,25+,26-,27?;15-,16-,18+,19-,20-,22?;/m11./s1. The van der Waals surface area contributed by atoms with Gasteiger partial charge in [0.05, 0.1) is 27.0 Å². The summed E-state index contributed by atoms with van der Waals surface area (Å²) in [5.74, 6) is 2.05. The molecule has 16 heteroatoms. The first kappa shape index (κ1) is 56.8. The van der Waals surface area contributed by atoms with Crippen molar-refractivity contribution in [3.63, 3.8) is 0 Å². The molecule has 11 atom stereocenters. The van der Waals surface area contributed by atoms with E-state index in [0.29, 0.717) is 29.6 Å². The summed E-state index contributed by atoms with van der Waals surface area (Å²) in [6.45, 7) is 21.6. The molecule has 4 aliphatic rings. The van der Waals surface area contributed by atoms with Gasteiger partial charge in [-0.15, -0.1) is 4.91 Å². The molecule has 14 nitrogen and oxygen atoms in total. The van der Waals surface area contributed by atoms with E-state index in [9.17, 15) is 36.1 Å². The molecule has 0 radical (unpaired) electrons. The molecule has 4 aromatic carbocycles. The second-order valence-corrected chi connectivity index (χ2v) is 24.8. The summed E-state index contributed by atoms with van der Waals surface area (Å²) < 4.78 is 64.0. The van der Waals surface area contributed by atoms with E-state index in [0.717, 1.165) is 53.2 Å². The van der Waals surface area contributed by atoms with Crippen LogP contribution in [0.3, 0.4) is 0 Å². The quantitative estimate of drug-likeness (QED) is 0.0667. The maximum absolute atomic E-state index is 13.8. The number of amides is 2. The summed E-state index contributed by atoms with van der Waals surface area (Å²) in [5, 5.41) is 0. The van der Waals surface area contributed by atoms with E-state index in [-0.39, 0.29) is 52.5 Å². The van der Waals surface area contributed by atoms with Crippen molar-refractivity contribution in [3.05, 3.63) is 136 Å². The predicted molar refractivity (Wildman–Crippen MR) is 283 cm³/mol. The summed E-state index contributed by atoms with van der Waals surface area (Å²) in [7, 11) is -8.23. The number of hydrogen-bond donors (Lipinski definition) is 0. The molecule has 2 saturated heterocycles. The van der Waals surface area contributed by atoms with E-state index in [4.69, 9.17) is 9.47 Å². The zero-order valence-electron chi connectivity index (χ0n) is 44.2. The Morgan fingerprint density at radius 2 is 1.00 bits per heavy atom. The van der Waals surface area contributed by atoms with Gasteiger partial charge in [0.1, 0.15) is 18.2 Å². The lowest BCUT2D eigenvalue weighted by Gasteiger charge is -2.37. The average molecular weight is 1040 g/mol. The predicted octanol–water partition coefficient (Wildman–Crippen LogP) is 11.4. The minimum absolute atomic E-state index is 0.0115. The van der Waals surface area contributed by atoms with E-state index < -0.39 is 44.1 Å². The Bertz CT molecular complexity index is 2700. The summed E-state index contributed by atoms with van der Waals surface area (Å²) in [5.41, 5.74) is 3.95. The van der Waals surface area contributed by atoms with Crippen molar-refractivity contribution >= 4 is 38.0 Å². The Morgan fingerprint density at radius 1 is 0.575 bits per heavy atom. The average Bonchev–Trinajstić information content (AvgIpc) is 4.09. The molecule has 4 aromatic rings. The maximum Gasteiger partial charge on any atom is 0.335 e. The van der Waals surface area contributed by atoms with Crippen LogP contribution < -0.4 is 0 Å². The molecule has 2 aliphatic carbocycles. The van der Waals surface area contributed by atoms with Gasteiger partial charge >= 0.3 is 28.0 Å². The van der Waals surface area contributed by atoms with E-state index in [1.807, 2.05) is 61.8 Å². The van der Waals surface area contributed by atoms with Crippen molar-refractivity contribution in [3.8, 4) is 0 Å². The molecule has 2 unspecified atom stereocenters. The van der Waals surface area contributed by atoms with Gasteiger partial charge in [0, 0.05) is 12.6 Å². The van der Waals surface area contributed by atoms with Crippen LogP contribution in [0.2, 0.25) is 0 Å². The number of carbonyl (C=O) groups excluding carboxylic acids is 3. The fourth-order valence-electron chi connectivity index (χ4n) is 10.5. The van der Waals surface area contributed by atoms with Crippen molar-refractivity contribution < 1.29 is 40.7 Å². The molecule has 8 rings (SSSR count). The van der Waals surface area contributed by atoms with Gasteiger partial charge < -0.3 is 14.4 Å². The monoisotopic (exact) mass is 1040 g/mol. The molecule has 2 aliphatic heterocycles. The fourth-order valence-corrected chi connectivity index (χ4v) is 12.6. The number of nitrogens with zero attached hydrogens (tertiary/aromatic N) is 4. The molecule has 0 bridgehead atoms. The Kier molecular flexibility index (Phi) is 19.2. The number of benzene rings is 4. The third-order valence-electron chi connectivity index (χ3n) is 15.3. The van der Waals surface area contributed by atoms with Gasteiger partial charge in [-0.25, -0.2) is 22.3 Å². The number of esters is 2. The van der Waals surface area contributed by atoms with Crippen molar-refractivity contribution in [2.45, 2.75) is 154 Å². The van der Waals surface area contributed by atoms with Crippen molar-refractivity contribution in [2.75, 3.05) is 13.1 Å². The SMILES string of the molecule is CC(C)[C@@H]1CC[C@@H](C)C[C@H]1OC(=O)[C@H]1CN1[C@H](C)c1ccccc1.Cc1ccc(S(=O)(=O)N2C(=O)N([C@H](C)c3ccccc3)C[C@@H]2C(=O)OC2C[C@H](C)CC[C@H]2C(C)C)cc1.Cc1ccc(S(=O)(=O)N=O)cc1. The summed E-state index contributed by atoms with van der Waals surface area (Å²) in [6.07, 6.45) is 6.06. The fraction of sp³-hybridized carbons (Fsp3) is 0.526. The van der Waals surface area contributed by atoms with Gasteiger partial charge in [-0.1, -0.05) is 150 Å². The van der Waals surface area contributed by atoms with E-state index in [1.54, 1.807) is 24.3 Å². The van der Waals surface area contributed by atoms with Gasteiger partial charge in [-0.05, 0) is 124 Å². The Morgan fingerprint density at radius 3 is 1.44 bits per heavy atom. The van der Waals surface area contributed by atoms with Crippen LogP contribution in [0, 0.1) is 54.3 Å². The topological polar surface area (TPSA) is 177 Å². The summed E-state index contributed by atoms with van der Waals surface area (Å²) in [6, 6.07) is 29.9. The molecule has 2 saturated carbocycles. The first-order valence-corrected chi connectivity index (χ1v) is 28.8. The maximum atomic E-state index is 13.8. The molecule has 2 amide bonds. The third-order valence-corrected chi connectivity index (χ3v) is 18.1. The number of urea groups is 1. The highest BCUT2D eigenvalue weighted by Gasteiger charge is 2.52. The Labute approximate surface area is 434 Å². The van der Waals surface area contributed by atoms with Crippen LogP contribution in [-0.2, 0) is 39.1 Å². The highest BCUT2D eigenvalue weighted by molar-refractivity contribution is 7.90. The van der Waals surface area contributed by atoms with Crippen molar-refractivity contribution in [1.29, 1.82) is 0 Å². The molecular formula is C57H76N4O10S2. The molecule has 0 N–H and O–H groups in total. The number of sulfonamides is 2. The number of aryl methyl sites for hydroxylation is 2. The largest absolute Gasteiger partial charge is 0.461 e. The first-order valence-electron chi connectivity index (χ1n) is 25.9. The van der Waals surface area contributed by atoms with E-state index >= 15 is 0 Å². The summed E-state index contributed by atoms with van der Waals surface area (Å²) in [4.78, 5) is 53.5. The highest BCUT2D eigenvalue weighted by Crippen LogP contribution is 2.40. The zero-order chi connectivity index (χ0) is 53.4. The molecular weight excluding hydrogens is 965 g/mol.